The van der Waals surface area contributed by atoms with Gasteiger partial charge in [0.15, 0.2) is 5.11 Å². The number of nitrogens with zero attached hydrogens (tertiary/aromatic N) is 1. The monoisotopic (exact) mass is 502 g/mol. The van der Waals surface area contributed by atoms with E-state index in [0.29, 0.717) is 44.3 Å². The van der Waals surface area contributed by atoms with Gasteiger partial charge in [-0.25, -0.2) is 4.90 Å². The Kier molecular flexibility index (Phi) is 6.42. The third kappa shape index (κ3) is 4.45. The first kappa shape index (κ1) is 22.8. The maximum atomic E-state index is 13.3. The first-order chi connectivity index (χ1) is 15.8. The number of halogens is 2. The Balaban J connectivity index is 1.69. The highest BCUT2D eigenvalue weighted by Gasteiger charge is 2.36. The van der Waals surface area contributed by atoms with Crippen LogP contribution >= 0.6 is 35.4 Å². The highest BCUT2D eigenvalue weighted by atomic mass is 35.5. The maximum absolute atomic E-state index is 13.3. The predicted octanol–water partition coefficient (Wildman–Crippen LogP) is 5.10. The molecule has 1 saturated heterocycles. The zero-order valence-electron chi connectivity index (χ0n) is 17.3. The molecule has 0 radical (unpaired) electrons. The molecule has 168 valence electrons. The molecule has 1 aliphatic heterocycles. The summed E-state index contributed by atoms with van der Waals surface area (Å²) in [5.74, 6) is 0.412. The fraction of sp³-hybridized carbons (Fsp3) is 0.0870. The number of hydrogen-bond donors (Lipinski definition) is 1. The van der Waals surface area contributed by atoms with Gasteiger partial charge in [-0.05, 0) is 60.8 Å². The molecule has 1 fully saturated rings. The number of rotatable bonds is 5. The van der Waals surface area contributed by atoms with E-state index >= 15 is 0 Å². The number of amides is 2. The van der Waals surface area contributed by atoms with Crippen LogP contribution in [0.3, 0.4) is 0 Å². The quantitative estimate of drug-likeness (QED) is 0.297. The number of hydrogen-bond acceptors (Lipinski definition) is 6. The topological polar surface area (TPSA) is 81.0 Å². The van der Waals surface area contributed by atoms with Crippen molar-refractivity contribution in [1.82, 2.24) is 5.32 Å². The van der Waals surface area contributed by atoms with Crippen LogP contribution in [-0.2, 0) is 9.59 Å². The van der Waals surface area contributed by atoms with Crippen molar-refractivity contribution in [2.45, 2.75) is 0 Å². The van der Waals surface area contributed by atoms with Crippen LogP contribution in [0.1, 0.15) is 5.76 Å². The number of carbonyl (C=O) groups excluding carboxylic acids is 2. The zero-order valence-corrected chi connectivity index (χ0v) is 19.7. The molecule has 1 aromatic heterocycles. The lowest BCUT2D eigenvalue weighted by molar-refractivity contribution is -0.122. The second kappa shape index (κ2) is 9.27. The van der Waals surface area contributed by atoms with Crippen LogP contribution in [-0.4, -0.2) is 31.1 Å². The Morgan fingerprint density at radius 2 is 1.79 bits per heavy atom. The Labute approximate surface area is 204 Å². The smallest absolute Gasteiger partial charge is 0.270 e. The maximum Gasteiger partial charge on any atom is 0.270 e. The van der Waals surface area contributed by atoms with Gasteiger partial charge in [0.25, 0.3) is 11.8 Å². The summed E-state index contributed by atoms with van der Waals surface area (Å²) in [7, 11) is 2.97. The van der Waals surface area contributed by atoms with E-state index in [1.807, 2.05) is 0 Å². The van der Waals surface area contributed by atoms with E-state index in [1.54, 1.807) is 48.5 Å². The molecule has 0 bridgehead atoms. The Morgan fingerprint density at radius 1 is 1.00 bits per heavy atom. The summed E-state index contributed by atoms with van der Waals surface area (Å²) < 4.78 is 16.4. The number of methoxy groups -OCH3 is 2. The lowest BCUT2D eigenvalue weighted by Gasteiger charge is -2.29. The van der Waals surface area contributed by atoms with Gasteiger partial charge >= 0.3 is 0 Å². The van der Waals surface area contributed by atoms with Crippen molar-refractivity contribution in [3.8, 4) is 22.8 Å². The number of carbonyl (C=O) groups is 2. The van der Waals surface area contributed by atoms with E-state index in [0.717, 1.165) is 0 Å². The second-order valence-corrected chi connectivity index (χ2v) is 8.03. The SMILES string of the molecule is COc1ccc(N2C(=O)/C(=C\c3ccc(-c4ccc(Cl)c(Cl)c4)o3)C(=O)NC2=S)c(OC)c1. The van der Waals surface area contributed by atoms with Crippen molar-refractivity contribution in [3.63, 3.8) is 0 Å². The minimum Gasteiger partial charge on any atom is -0.497 e. The summed E-state index contributed by atoms with van der Waals surface area (Å²) in [6, 6.07) is 13.3. The van der Waals surface area contributed by atoms with Crippen molar-refractivity contribution in [2.75, 3.05) is 19.1 Å². The van der Waals surface area contributed by atoms with Crippen LogP contribution in [0.15, 0.2) is 58.5 Å². The zero-order chi connectivity index (χ0) is 23.7. The van der Waals surface area contributed by atoms with Crippen LogP contribution in [0.2, 0.25) is 10.0 Å². The molecule has 1 aliphatic rings. The van der Waals surface area contributed by atoms with Crippen LogP contribution in [0.25, 0.3) is 17.4 Å². The number of benzene rings is 2. The van der Waals surface area contributed by atoms with Gasteiger partial charge in [-0.3, -0.25) is 14.9 Å². The summed E-state index contributed by atoms with van der Waals surface area (Å²) >= 11 is 17.3. The molecule has 0 unspecified atom stereocenters. The Bertz CT molecular complexity index is 1320. The number of thiocarbonyl (C=S) groups is 1. The molecule has 0 spiro atoms. The van der Waals surface area contributed by atoms with Crippen LogP contribution < -0.4 is 19.7 Å². The average molecular weight is 503 g/mol. The number of ether oxygens (including phenoxy) is 2. The van der Waals surface area contributed by atoms with Gasteiger partial charge in [-0.1, -0.05) is 23.2 Å². The Morgan fingerprint density at radius 3 is 2.48 bits per heavy atom. The minimum absolute atomic E-state index is 0.0680. The standard InChI is InChI=1S/C23H16Cl2N2O5S/c1-30-13-4-7-18(20(11-13)31-2)27-22(29)15(21(28)26-23(27)33)10-14-5-8-19(32-14)12-3-6-16(24)17(25)9-12/h3-11H,1-2H3,(H,26,28,33)/b15-10-. The van der Waals surface area contributed by atoms with Crippen molar-refractivity contribution in [1.29, 1.82) is 0 Å². The number of nitrogens with one attached hydrogen (secondary N) is 1. The lowest BCUT2D eigenvalue weighted by Crippen LogP contribution is -2.54. The number of furan rings is 1. The van der Waals surface area contributed by atoms with E-state index in [-0.39, 0.29) is 10.7 Å². The van der Waals surface area contributed by atoms with Gasteiger partial charge in [0, 0.05) is 11.6 Å². The normalized spacial score (nSPS) is 15.1. The van der Waals surface area contributed by atoms with E-state index in [4.69, 9.17) is 49.3 Å². The molecule has 2 aromatic carbocycles. The molecular weight excluding hydrogens is 487 g/mol. The highest BCUT2D eigenvalue weighted by molar-refractivity contribution is 7.80. The van der Waals surface area contributed by atoms with E-state index in [9.17, 15) is 9.59 Å². The average Bonchev–Trinajstić information content (AvgIpc) is 3.27. The fourth-order valence-corrected chi connectivity index (χ4v) is 3.80. The van der Waals surface area contributed by atoms with Crippen molar-refractivity contribution in [3.05, 3.63) is 69.9 Å². The van der Waals surface area contributed by atoms with Crippen LogP contribution in [0.4, 0.5) is 5.69 Å². The fourth-order valence-electron chi connectivity index (χ4n) is 3.22. The molecule has 2 amide bonds. The molecule has 2 heterocycles. The first-order valence-corrected chi connectivity index (χ1v) is 10.7. The molecule has 0 aliphatic carbocycles. The molecule has 33 heavy (non-hydrogen) atoms. The first-order valence-electron chi connectivity index (χ1n) is 9.51. The summed E-state index contributed by atoms with van der Waals surface area (Å²) in [5, 5.41) is 3.26. The molecule has 7 nitrogen and oxygen atoms in total. The third-order valence-electron chi connectivity index (χ3n) is 4.85. The van der Waals surface area contributed by atoms with E-state index < -0.39 is 11.8 Å². The molecule has 4 rings (SSSR count). The molecule has 0 atom stereocenters. The van der Waals surface area contributed by atoms with Gasteiger partial charge in [-0.2, -0.15) is 0 Å². The summed E-state index contributed by atoms with van der Waals surface area (Å²) in [4.78, 5) is 27.0. The second-order valence-electron chi connectivity index (χ2n) is 6.83. The molecular formula is C23H16Cl2N2O5S. The minimum atomic E-state index is -0.638. The summed E-state index contributed by atoms with van der Waals surface area (Å²) in [6.45, 7) is 0. The van der Waals surface area contributed by atoms with Crippen molar-refractivity contribution in [2.24, 2.45) is 0 Å². The van der Waals surface area contributed by atoms with E-state index in [2.05, 4.69) is 5.32 Å². The van der Waals surface area contributed by atoms with Gasteiger partial charge in [-0.15, -0.1) is 0 Å². The molecule has 1 N–H and O–H groups in total. The van der Waals surface area contributed by atoms with Crippen molar-refractivity contribution >= 4 is 64.1 Å². The van der Waals surface area contributed by atoms with Crippen molar-refractivity contribution < 1.29 is 23.5 Å². The molecule has 0 saturated carbocycles. The summed E-state index contributed by atoms with van der Waals surface area (Å²) in [5.41, 5.74) is 0.894. The van der Waals surface area contributed by atoms with Crippen LogP contribution in [0.5, 0.6) is 11.5 Å². The van der Waals surface area contributed by atoms with Gasteiger partial charge in [0.1, 0.15) is 28.6 Å². The van der Waals surface area contributed by atoms with Crippen LogP contribution in [0, 0.1) is 0 Å². The van der Waals surface area contributed by atoms with Gasteiger partial charge < -0.3 is 13.9 Å². The molecule has 10 heteroatoms. The largest absolute Gasteiger partial charge is 0.497 e. The summed E-state index contributed by atoms with van der Waals surface area (Å²) in [6.07, 6.45) is 1.35. The lowest BCUT2D eigenvalue weighted by atomic mass is 10.1. The van der Waals surface area contributed by atoms with Gasteiger partial charge in [0.05, 0.1) is 30.0 Å². The highest BCUT2D eigenvalue weighted by Crippen LogP contribution is 2.35. The van der Waals surface area contributed by atoms with E-state index in [1.165, 1.54) is 25.2 Å². The van der Waals surface area contributed by atoms with Gasteiger partial charge in [0.2, 0.25) is 0 Å². The third-order valence-corrected chi connectivity index (χ3v) is 5.87. The molecule has 3 aromatic rings. The predicted molar refractivity (Wildman–Crippen MR) is 130 cm³/mol. The number of anilines is 1. The Hall–Kier alpha value is -3.33.